The summed E-state index contributed by atoms with van der Waals surface area (Å²) in [5, 5.41) is 0.676. The largest absolute Gasteiger partial charge is 0.495 e. The van der Waals surface area contributed by atoms with Crippen LogP contribution in [0.2, 0.25) is 5.02 Å². The Morgan fingerprint density at radius 3 is 2.89 bits per heavy atom. The van der Waals surface area contributed by atoms with Gasteiger partial charge in [-0.3, -0.25) is 9.78 Å². The van der Waals surface area contributed by atoms with Crippen molar-refractivity contribution >= 4 is 23.4 Å². The molecule has 0 saturated heterocycles. The summed E-state index contributed by atoms with van der Waals surface area (Å²) >= 11 is 7.49. The van der Waals surface area contributed by atoms with Crippen molar-refractivity contribution in [1.29, 1.82) is 0 Å². The van der Waals surface area contributed by atoms with Gasteiger partial charge in [-0.15, -0.1) is 11.8 Å². The van der Waals surface area contributed by atoms with E-state index in [0.717, 1.165) is 29.0 Å². The Morgan fingerprint density at radius 2 is 2.11 bits per heavy atom. The van der Waals surface area contributed by atoms with Crippen molar-refractivity contribution < 1.29 is 4.74 Å². The molecule has 1 N–H and O–H groups in total. The number of thioether (sulfide) groups is 1. The highest BCUT2D eigenvalue weighted by Gasteiger charge is 2.22. The SMILES string of the molecule is COc1cncc(-c2nc3c(c(=O)n2NCc2ccc(Cl)cc2)SCC3)c1. The van der Waals surface area contributed by atoms with Gasteiger partial charge in [-0.05, 0) is 23.8 Å². The molecule has 0 saturated carbocycles. The molecular formula is C19H17ClN4O2S. The number of benzene rings is 1. The highest BCUT2D eigenvalue weighted by molar-refractivity contribution is 7.99. The van der Waals surface area contributed by atoms with Crippen LogP contribution < -0.4 is 15.7 Å². The second kappa shape index (κ2) is 7.62. The van der Waals surface area contributed by atoms with Gasteiger partial charge in [-0.2, -0.15) is 0 Å². The third-order valence-electron chi connectivity index (χ3n) is 4.26. The zero-order valence-electron chi connectivity index (χ0n) is 14.6. The Kier molecular flexibility index (Phi) is 5.05. The number of methoxy groups -OCH3 is 1. The second-order valence-electron chi connectivity index (χ2n) is 6.03. The number of hydrogen-bond donors (Lipinski definition) is 1. The maximum atomic E-state index is 13.1. The average molecular weight is 401 g/mol. The molecule has 3 heterocycles. The molecule has 0 spiro atoms. The van der Waals surface area contributed by atoms with E-state index >= 15 is 0 Å². The summed E-state index contributed by atoms with van der Waals surface area (Å²) in [7, 11) is 1.58. The fourth-order valence-corrected chi connectivity index (χ4v) is 4.03. The lowest BCUT2D eigenvalue weighted by atomic mass is 10.2. The van der Waals surface area contributed by atoms with Gasteiger partial charge in [0.2, 0.25) is 0 Å². The summed E-state index contributed by atoms with van der Waals surface area (Å²) in [6.07, 6.45) is 4.09. The van der Waals surface area contributed by atoms with E-state index in [9.17, 15) is 4.79 Å². The number of nitrogens with zero attached hydrogens (tertiary/aromatic N) is 3. The van der Waals surface area contributed by atoms with Crippen LogP contribution in [0.4, 0.5) is 0 Å². The monoisotopic (exact) mass is 400 g/mol. The van der Waals surface area contributed by atoms with Gasteiger partial charge in [-0.1, -0.05) is 23.7 Å². The van der Waals surface area contributed by atoms with Gasteiger partial charge >= 0.3 is 0 Å². The van der Waals surface area contributed by atoms with Gasteiger partial charge in [0, 0.05) is 29.0 Å². The summed E-state index contributed by atoms with van der Waals surface area (Å²) in [6, 6.07) is 9.31. The number of nitrogens with one attached hydrogen (secondary N) is 1. The molecule has 27 heavy (non-hydrogen) atoms. The van der Waals surface area contributed by atoms with Crippen molar-refractivity contribution in [3.63, 3.8) is 0 Å². The first-order valence-electron chi connectivity index (χ1n) is 8.42. The van der Waals surface area contributed by atoms with E-state index < -0.39 is 0 Å². The lowest BCUT2D eigenvalue weighted by Crippen LogP contribution is -2.32. The lowest BCUT2D eigenvalue weighted by Gasteiger charge is -2.16. The third-order valence-corrected chi connectivity index (χ3v) is 5.62. The van der Waals surface area contributed by atoms with Crippen LogP contribution in [0.5, 0.6) is 5.75 Å². The zero-order chi connectivity index (χ0) is 18.8. The predicted molar refractivity (Wildman–Crippen MR) is 107 cm³/mol. The van der Waals surface area contributed by atoms with Crippen LogP contribution in [0.1, 0.15) is 11.3 Å². The minimum Gasteiger partial charge on any atom is -0.495 e. The van der Waals surface area contributed by atoms with Gasteiger partial charge < -0.3 is 10.2 Å². The zero-order valence-corrected chi connectivity index (χ0v) is 16.2. The van der Waals surface area contributed by atoms with Crippen molar-refractivity contribution in [2.45, 2.75) is 17.9 Å². The number of aryl methyl sites for hydroxylation is 1. The first-order valence-corrected chi connectivity index (χ1v) is 9.78. The number of rotatable bonds is 5. The summed E-state index contributed by atoms with van der Waals surface area (Å²) < 4.78 is 6.77. The molecule has 3 aromatic rings. The predicted octanol–water partition coefficient (Wildman–Crippen LogP) is 3.36. The normalized spacial score (nSPS) is 12.7. The molecule has 1 aromatic carbocycles. The molecule has 8 heteroatoms. The standard InChI is InChI=1S/C19H17ClN4O2S/c1-26-15-8-13(10-21-11-15)18-23-16-6-7-27-17(16)19(25)24(18)22-9-12-2-4-14(20)5-3-12/h2-5,8,10-11,22H,6-7,9H2,1H3. The number of hydrogen-bond acceptors (Lipinski definition) is 6. The number of fused-ring (bicyclic) bond motifs is 1. The summed E-state index contributed by atoms with van der Waals surface area (Å²) in [6.45, 7) is 0.465. The van der Waals surface area contributed by atoms with Crippen LogP contribution in [-0.2, 0) is 13.0 Å². The highest BCUT2D eigenvalue weighted by Crippen LogP contribution is 2.29. The molecule has 0 amide bonds. The van der Waals surface area contributed by atoms with Crippen molar-refractivity contribution in [3.05, 3.63) is 69.4 Å². The molecule has 0 fully saturated rings. The summed E-state index contributed by atoms with van der Waals surface area (Å²) in [4.78, 5) is 22.7. The molecule has 0 aliphatic carbocycles. The van der Waals surface area contributed by atoms with Gasteiger partial charge in [0.1, 0.15) is 5.75 Å². The summed E-state index contributed by atoms with van der Waals surface area (Å²) in [5.74, 6) is 2.01. The van der Waals surface area contributed by atoms with Crippen LogP contribution in [0.25, 0.3) is 11.4 Å². The van der Waals surface area contributed by atoms with E-state index in [4.69, 9.17) is 21.3 Å². The maximum Gasteiger partial charge on any atom is 0.286 e. The molecule has 1 aliphatic heterocycles. The van der Waals surface area contributed by atoms with Crippen LogP contribution in [0.3, 0.4) is 0 Å². The Balaban J connectivity index is 1.76. The minimum absolute atomic E-state index is 0.0886. The van der Waals surface area contributed by atoms with Gasteiger partial charge in [-0.25, -0.2) is 9.66 Å². The molecule has 0 bridgehead atoms. The van der Waals surface area contributed by atoms with Gasteiger partial charge in [0.15, 0.2) is 5.82 Å². The minimum atomic E-state index is -0.0886. The molecule has 2 aromatic heterocycles. The van der Waals surface area contributed by atoms with Crippen LogP contribution in [0.15, 0.2) is 52.4 Å². The van der Waals surface area contributed by atoms with E-state index in [2.05, 4.69) is 10.4 Å². The van der Waals surface area contributed by atoms with Crippen LogP contribution in [0, 0.1) is 0 Å². The molecular weight excluding hydrogens is 384 g/mol. The smallest absolute Gasteiger partial charge is 0.286 e. The van der Waals surface area contributed by atoms with Crippen molar-refractivity contribution in [1.82, 2.24) is 14.6 Å². The van der Waals surface area contributed by atoms with Crippen LogP contribution in [-0.4, -0.2) is 27.5 Å². The van der Waals surface area contributed by atoms with Crippen LogP contribution >= 0.6 is 23.4 Å². The number of pyridine rings is 1. The summed E-state index contributed by atoms with van der Waals surface area (Å²) in [5.41, 5.74) is 5.68. The Hall–Kier alpha value is -2.51. The number of ether oxygens (including phenoxy) is 1. The highest BCUT2D eigenvalue weighted by atomic mass is 35.5. The van der Waals surface area contributed by atoms with Crippen molar-refractivity contribution in [3.8, 4) is 17.1 Å². The molecule has 6 nitrogen and oxygen atoms in total. The lowest BCUT2D eigenvalue weighted by molar-refractivity contribution is 0.413. The van der Waals surface area contributed by atoms with E-state index in [1.807, 2.05) is 30.3 Å². The van der Waals surface area contributed by atoms with E-state index in [1.54, 1.807) is 31.3 Å². The first kappa shape index (κ1) is 17.9. The maximum absolute atomic E-state index is 13.1. The Labute approximate surface area is 165 Å². The molecule has 0 unspecified atom stereocenters. The molecule has 4 rings (SSSR count). The Bertz CT molecular complexity index is 1040. The van der Waals surface area contributed by atoms with Crippen molar-refractivity contribution in [2.75, 3.05) is 18.3 Å². The van der Waals surface area contributed by atoms with Crippen molar-refractivity contribution in [2.24, 2.45) is 0 Å². The number of halogens is 1. The van der Waals surface area contributed by atoms with Gasteiger partial charge in [0.05, 0.1) is 30.4 Å². The molecule has 0 atom stereocenters. The van der Waals surface area contributed by atoms with E-state index in [0.29, 0.717) is 28.0 Å². The quantitative estimate of drug-likeness (QED) is 0.708. The molecule has 1 aliphatic rings. The fourth-order valence-electron chi connectivity index (χ4n) is 2.88. The first-order chi connectivity index (χ1) is 13.2. The second-order valence-corrected chi connectivity index (χ2v) is 7.57. The topological polar surface area (TPSA) is 69.0 Å². The van der Waals surface area contributed by atoms with E-state index in [-0.39, 0.29) is 5.56 Å². The Morgan fingerprint density at radius 1 is 1.30 bits per heavy atom. The average Bonchev–Trinajstić information content (AvgIpc) is 3.17. The fraction of sp³-hybridized carbons (Fsp3) is 0.211. The third kappa shape index (κ3) is 3.65. The number of aromatic nitrogens is 3. The van der Waals surface area contributed by atoms with Gasteiger partial charge in [0.25, 0.3) is 5.56 Å². The van der Waals surface area contributed by atoms with E-state index in [1.165, 1.54) is 4.68 Å². The molecule has 138 valence electrons. The molecule has 0 radical (unpaired) electrons.